The van der Waals surface area contributed by atoms with Crippen molar-refractivity contribution in [3.63, 3.8) is 0 Å². The van der Waals surface area contributed by atoms with Crippen LogP contribution in [0.1, 0.15) is 75.2 Å². The first kappa shape index (κ1) is 32.4. The number of fused-ring (bicyclic) bond motifs is 3. The van der Waals surface area contributed by atoms with Crippen molar-refractivity contribution in [1.82, 2.24) is 19.3 Å². The number of hydrogen-bond acceptors (Lipinski definition) is 3. The third-order valence-corrected chi connectivity index (χ3v) is 9.51. The highest BCUT2D eigenvalue weighted by molar-refractivity contribution is 6.09. The first-order valence-electron chi connectivity index (χ1n) is 17.2. The van der Waals surface area contributed by atoms with Gasteiger partial charge >= 0.3 is 0 Å². The molecule has 0 fully saturated rings. The summed E-state index contributed by atoms with van der Waals surface area (Å²) in [5.74, 6) is 2.41. The van der Waals surface area contributed by atoms with Crippen molar-refractivity contribution < 1.29 is 4.74 Å². The molecule has 0 aliphatic rings. The first-order chi connectivity index (χ1) is 23.2. The number of nitrogens with zero attached hydrogens (tertiary/aromatic N) is 4. The highest BCUT2D eigenvalue weighted by Crippen LogP contribution is 2.44. The van der Waals surface area contributed by atoms with E-state index < -0.39 is 0 Å². The lowest BCUT2D eigenvalue weighted by molar-refractivity contribution is 0.482. The molecule has 0 aliphatic heterocycles. The number of hydrogen-bond donors (Lipinski definition) is 0. The molecule has 0 saturated carbocycles. The average Bonchev–Trinajstić information content (AvgIpc) is 3.52. The molecule has 0 amide bonds. The van der Waals surface area contributed by atoms with Crippen LogP contribution in [-0.2, 0) is 10.8 Å². The van der Waals surface area contributed by atoms with E-state index in [0.717, 1.165) is 50.8 Å². The molecular formula is C44H46N4O. The van der Waals surface area contributed by atoms with Gasteiger partial charge in [0, 0.05) is 40.4 Å². The molecule has 3 heterocycles. The molecule has 7 aromatic rings. The SMILES string of the molecule is Cc1ccnc(-n2c3ccccc3c3ccc(Oc4cccc(-n5nc(C)c(-c6c(C(C)(C)C)cc(C)cc6C(C)(C)C)c5C)c4)cc32)c1. The quantitative estimate of drug-likeness (QED) is 0.187. The van der Waals surface area contributed by atoms with Crippen LogP contribution in [0.2, 0.25) is 0 Å². The first-order valence-corrected chi connectivity index (χ1v) is 17.2. The minimum atomic E-state index is -0.0295. The van der Waals surface area contributed by atoms with Crippen molar-refractivity contribution in [2.75, 3.05) is 0 Å². The summed E-state index contributed by atoms with van der Waals surface area (Å²) in [6.45, 7) is 22.5. The number of pyridine rings is 1. The van der Waals surface area contributed by atoms with Crippen LogP contribution in [0.3, 0.4) is 0 Å². The standard InChI is InChI=1S/C44H46N4O/c1-27-20-21-45-40(24-27)47-38-17-12-11-16-34(38)35-19-18-33(26-39(35)47)49-32-15-13-14-31(25-32)48-30(4)41(29(3)46-48)42-36(43(5,6)7)22-28(2)23-37(42)44(8,9)10/h11-26H,1-10H3. The molecule has 0 N–H and O–H groups in total. The van der Waals surface area contributed by atoms with Gasteiger partial charge in [0.2, 0.25) is 0 Å². The van der Waals surface area contributed by atoms with Gasteiger partial charge in [0.25, 0.3) is 0 Å². The van der Waals surface area contributed by atoms with E-state index in [1.165, 1.54) is 38.8 Å². The summed E-state index contributed by atoms with van der Waals surface area (Å²) in [5, 5.41) is 7.49. The van der Waals surface area contributed by atoms with Gasteiger partial charge in [-0.05, 0) is 103 Å². The Labute approximate surface area is 290 Å². The van der Waals surface area contributed by atoms with Gasteiger partial charge in [-0.1, -0.05) is 83.5 Å². The zero-order valence-corrected chi connectivity index (χ0v) is 30.4. The number of aryl methyl sites for hydroxylation is 3. The van der Waals surface area contributed by atoms with E-state index >= 15 is 0 Å². The molecule has 0 bridgehead atoms. The largest absolute Gasteiger partial charge is 0.457 e. The third-order valence-electron chi connectivity index (χ3n) is 9.51. The highest BCUT2D eigenvalue weighted by atomic mass is 16.5. The summed E-state index contributed by atoms with van der Waals surface area (Å²) in [4.78, 5) is 4.73. The van der Waals surface area contributed by atoms with Crippen LogP contribution in [0.25, 0.3) is 44.4 Å². The number of para-hydroxylation sites is 1. The molecule has 0 radical (unpaired) electrons. The molecule has 4 aromatic carbocycles. The summed E-state index contributed by atoms with van der Waals surface area (Å²) in [7, 11) is 0. The second-order valence-electron chi connectivity index (χ2n) is 15.5. The van der Waals surface area contributed by atoms with Crippen LogP contribution in [0.15, 0.2) is 97.2 Å². The molecule has 0 atom stereocenters. The molecule has 248 valence electrons. The summed E-state index contributed by atoms with van der Waals surface area (Å²) in [6, 6.07) is 31.9. The minimum absolute atomic E-state index is 0.0295. The van der Waals surface area contributed by atoms with Gasteiger partial charge in [-0.25, -0.2) is 9.67 Å². The average molecular weight is 647 g/mol. The Morgan fingerprint density at radius 2 is 1.27 bits per heavy atom. The zero-order valence-electron chi connectivity index (χ0n) is 30.4. The molecule has 3 aromatic heterocycles. The summed E-state index contributed by atoms with van der Waals surface area (Å²) < 4.78 is 10.9. The Bertz CT molecular complexity index is 2340. The summed E-state index contributed by atoms with van der Waals surface area (Å²) >= 11 is 0. The van der Waals surface area contributed by atoms with E-state index in [4.69, 9.17) is 14.8 Å². The minimum Gasteiger partial charge on any atom is -0.457 e. The fourth-order valence-corrected chi connectivity index (χ4v) is 7.21. The Kier molecular flexibility index (Phi) is 7.78. The van der Waals surface area contributed by atoms with Gasteiger partial charge in [-0.3, -0.25) is 4.57 Å². The smallest absolute Gasteiger partial charge is 0.137 e. The van der Waals surface area contributed by atoms with Crippen LogP contribution in [-0.4, -0.2) is 19.3 Å². The topological polar surface area (TPSA) is 44.9 Å². The summed E-state index contributed by atoms with van der Waals surface area (Å²) in [6.07, 6.45) is 1.87. The van der Waals surface area contributed by atoms with Gasteiger partial charge in [0.15, 0.2) is 0 Å². The Balaban J connectivity index is 1.31. The van der Waals surface area contributed by atoms with Gasteiger partial charge in [-0.15, -0.1) is 0 Å². The Morgan fingerprint density at radius 3 is 1.96 bits per heavy atom. The number of benzene rings is 4. The molecule has 5 nitrogen and oxygen atoms in total. The lowest BCUT2D eigenvalue weighted by atomic mass is 9.73. The number of ether oxygens (including phenoxy) is 1. The van der Waals surface area contributed by atoms with Gasteiger partial charge in [0.05, 0.1) is 22.4 Å². The van der Waals surface area contributed by atoms with Crippen molar-refractivity contribution in [3.05, 3.63) is 131 Å². The fraction of sp³-hybridized carbons (Fsp3) is 0.273. The van der Waals surface area contributed by atoms with E-state index in [0.29, 0.717) is 0 Å². The van der Waals surface area contributed by atoms with Crippen molar-refractivity contribution in [1.29, 1.82) is 0 Å². The van der Waals surface area contributed by atoms with Crippen LogP contribution < -0.4 is 4.74 Å². The summed E-state index contributed by atoms with van der Waals surface area (Å²) in [5.41, 5.74) is 12.9. The van der Waals surface area contributed by atoms with E-state index in [1.807, 2.05) is 24.4 Å². The van der Waals surface area contributed by atoms with Crippen LogP contribution in [0.5, 0.6) is 11.5 Å². The van der Waals surface area contributed by atoms with E-state index in [-0.39, 0.29) is 10.8 Å². The molecule has 49 heavy (non-hydrogen) atoms. The maximum Gasteiger partial charge on any atom is 0.137 e. The van der Waals surface area contributed by atoms with E-state index in [1.54, 1.807) is 0 Å². The Hall–Kier alpha value is -5.16. The zero-order chi connectivity index (χ0) is 34.8. The maximum absolute atomic E-state index is 6.59. The monoisotopic (exact) mass is 646 g/mol. The normalized spacial score (nSPS) is 12.3. The predicted octanol–water partition coefficient (Wildman–Crippen LogP) is 11.7. The van der Waals surface area contributed by atoms with Crippen molar-refractivity contribution in [2.24, 2.45) is 0 Å². The third kappa shape index (κ3) is 5.82. The molecular weight excluding hydrogens is 601 g/mol. The number of rotatable bonds is 5. The van der Waals surface area contributed by atoms with Gasteiger partial charge < -0.3 is 4.74 Å². The van der Waals surface area contributed by atoms with E-state index in [2.05, 4.69) is 151 Å². The predicted molar refractivity (Wildman–Crippen MR) is 204 cm³/mol. The van der Waals surface area contributed by atoms with Crippen LogP contribution in [0, 0.1) is 27.7 Å². The number of aromatic nitrogens is 4. The maximum atomic E-state index is 6.59. The van der Waals surface area contributed by atoms with Gasteiger partial charge in [-0.2, -0.15) is 5.10 Å². The second kappa shape index (κ2) is 11.8. The van der Waals surface area contributed by atoms with Crippen molar-refractivity contribution in [3.8, 4) is 34.1 Å². The fourth-order valence-electron chi connectivity index (χ4n) is 7.21. The van der Waals surface area contributed by atoms with Gasteiger partial charge in [0.1, 0.15) is 17.3 Å². The molecule has 0 spiro atoms. The molecule has 0 saturated heterocycles. The van der Waals surface area contributed by atoms with Crippen molar-refractivity contribution in [2.45, 2.75) is 80.1 Å². The lowest BCUT2D eigenvalue weighted by Gasteiger charge is -2.31. The van der Waals surface area contributed by atoms with E-state index in [9.17, 15) is 0 Å². The van der Waals surface area contributed by atoms with Crippen LogP contribution >= 0.6 is 0 Å². The molecule has 5 heteroatoms. The highest BCUT2D eigenvalue weighted by Gasteiger charge is 2.30. The van der Waals surface area contributed by atoms with Crippen molar-refractivity contribution >= 4 is 21.8 Å². The molecule has 0 unspecified atom stereocenters. The molecule has 0 aliphatic carbocycles. The lowest BCUT2D eigenvalue weighted by Crippen LogP contribution is -2.20. The van der Waals surface area contributed by atoms with Crippen LogP contribution in [0.4, 0.5) is 0 Å². The molecule has 7 rings (SSSR count). The second-order valence-corrected chi connectivity index (χ2v) is 15.5. The Morgan fingerprint density at radius 1 is 0.592 bits per heavy atom.